The van der Waals surface area contributed by atoms with Crippen molar-refractivity contribution in [1.29, 1.82) is 0 Å². The smallest absolute Gasteiger partial charge is 0.231 e. The molecule has 0 unspecified atom stereocenters. The van der Waals surface area contributed by atoms with E-state index in [9.17, 15) is 8.42 Å². The molecule has 0 atom stereocenters. The lowest BCUT2D eigenvalue weighted by Gasteiger charge is -2.04. The van der Waals surface area contributed by atoms with E-state index in [4.69, 9.17) is 9.88 Å². The van der Waals surface area contributed by atoms with Gasteiger partial charge in [-0.05, 0) is 30.2 Å². The number of hydrogen-bond donors (Lipinski definition) is 1. The van der Waals surface area contributed by atoms with Gasteiger partial charge in [-0.25, -0.2) is 13.6 Å². The fraction of sp³-hybridized carbons (Fsp3) is 0.333. The van der Waals surface area contributed by atoms with E-state index in [1.807, 2.05) is 0 Å². The van der Waals surface area contributed by atoms with Gasteiger partial charge in [0.05, 0.1) is 6.61 Å². The molecule has 0 aliphatic heterocycles. The van der Waals surface area contributed by atoms with Gasteiger partial charge in [0.2, 0.25) is 10.0 Å². The average molecular weight is 255 g/mol. The summed E-state index contributed by atoms with van der Waals surface area (Å²) in [6.07, 6.45) is 3.56. The van der Waals surface area contributed by atoms with Crippen molar-refractivity contribution in [3.63, 3.8) is 0 Å². The van der Waals surface area contributed by atoms with Crippen LogP contribution in [-0.2, 0) is 10.0 Å². The molecular formula is C12H17NO3S. The van der Waals surface area contributed by atoms with E-state index in [-0.39, 0.29) is 0 Å². The third-order valence-corrected chi connectivity index (χ3v) is 2.61. The van der Waals surface area contributed by atoms with Crippen molar-refractivity contribution in [1.82, 2.24) is 0 Å². The molecule has 17 heavy (non-hydrogen) atoms. The van der Waals surface area contributed by atoms with E-state index in [2.05, 4.69) is 6.92 Å². The zero-order valence-electron chi connectivity index (χ0n) is 9.80. The zero-order chi connectivity index (χ0) is 12.7. The molecule has 2 N–H and O–H groups in total. The zero-order valence-corrected chi connectivity index (χ0v) is 10.6. The minimum absolute atomic E-state index is 0.697. The van der Waals surface area contributed by atoms with Crippen LogP contribution in [0.5, 0.6) is 5.75 Å². The minimum atomic E-state index is -3.56. The quantitative estimate of drug-likeness (QED) is 0.792. The number of sulfonamides is 1. The molecule has 0 fully saturated rings. The van der Waals surface area contributed by atoms with E-state index >= 15 is 0 Å². The maximum atomic E-state index is 10.7. The Hall–Kier alpha value is -1.33. The van der Waals surface area contributed by atoms with Crippen LogP contribution in [0.2, 0.25) is 0 Å². The summed E-state index contributed by atoms with van der Waals surface area (Å²) in [5.74, 6) is 0.784. The Bertz CT molecular complexity index is 463. The standard InChI is InChI=1S/C12H17NO3S/c1-2-3-9-16-12-6-4-11(5-7-12)8-10-17(13,14)15/h4-8,10H,2-3,9H2,1H3,(H2,13,14,15)/b10-8+. The SMILES string of the molecule is CCCCOc1ccc(/C=C/S(N)(=O)=O)cc1. The van der Waals surface area contributed by atoms with Crippen LogP contribution in [0, 0.1) is 0 Å². The summed E-state index contributed by atoms with van der Waals surface area (Å²) in [6.45, 7) is 2.80. The number of nitrogens with two attached hydrogens (primary N) is 1. The van der Waals surface area contributed by atoms with Gasteiger partial charge in [-0.2, -0.15) is 0 Å². The van der Waals surface area contributed by atoms with Crippen molar-refractivity contribution >= 4 is 16.1 Å². The van der Waals surface area contributed by atoms with Gasteiger partial charge < -0.3 is 4.74 Å². The van der Waals surface area contributed by atoms with Gasteiger partial charge in [0, 0.05) is 5.41 Å². The summed E-state index contributed by atoms with van der Waals surface area (Å²) in [7, 11) is -3.56. The van der Waals surface area contributed by atoms with Crippen LogP contribution >= 0.6 is 0 Å². The van der Waals surface area contributed by atoms with Crippen LogP contribution in [-0.4, -0.2) is 15.0 Å². The summed E-state index contributed by atoms with van der Waals surface area (Å²) < 4.78 is 26.9. The van der Waals surface area contributed by atoms with Gasteiger partial charge in [0.15, 0.2) is 0 Å². The molecule has 0 saturated carbocycles. The fourth-order valence-corrected chi connectivity index (χ4v) is 1.53. The van der Waals surface area contributed by atoms with Gasteiger partial charge in [-0.15, -0.1) is 0 Å². The van der Waals surface area contributed by atoms with Crippen LogP contribution in [0.15, 0.2) is 29.7 Å². The topological polar surface area (TPSA) is 69.4 Å². The highest BCUT2D eigenvalue weighted by Gasteiger charge is 1.96. The van der Waals surface area contributed by atoms with Gasteiger partial charge >= 0.3 is 0 Å². The second-order valence-corrected chi connectivity index (χ2v) is 5.11. The van der Waals surface area contributed by atoms with E-state index in [0.717, 1.165) is 29.6 Å². The Morgan fingerprint density at radius 1 is 1.29 bits per heavy atom. The van der Waals surface area contributed by atoms with Crippen molar-refractivity contribution < 1.29 is 13.2 Å². The average Bonchev–Trinajstić information content (AvgIpc) is 2.27. The Morgan fingerprint density at radius 3 is 2.47 bits per heavy atom. The van der Waals surface area contributed by atoms with E-state index in [1.165, 1.54) is 6.08 Å². The van der Waals surface area contributed by atoms with Crippen LogP contribution in [0.3, 0.4) is 0 Å². The summed E-state index contributed by atoms with van der Waals surface area (Å²) in [6, 6.07) is 7.17. The molecule has 0 aromatic heterocycles. The molecule has 94 valence electrons. The third kappa shape index (κ3) is 6.09. The lowest BCUT2D eigenvalue weighted by atomic mass is 10.2. The van der Waals surface area contributed by atoms with Crippen molar-refractivity contribution in [2.75, 3.05) is 6.61 Å². The molecule has 0 aliphatic rings. The maximum absolute atomic E-state index is 10.7. The van der Waals surface area contributed by atoms with E-state index < -0.39 is 10.0 Å². The molecule has 0 amide bonds. The summed E-state index contributed by atoms with van der Waals surface area (Å²) in [5.41, 5.74) is 0.766. The highest BCUT2D eigenvalue weighted by Crippen LogP contribution is 2.13. The molecule has 1 rings (SSSR count). The number of unbranched alkanes of at least 4 members (excludes halogenated alkanes) is 1. The monoisotopic (exact) mass is 255 g/mol. The Kier molecular flexibility index (Phi) is 5.18. The molecule has 1 aromatic carbocycles. The second kappa shape index (κ2) is 6.42. The first kappa shape index (κ1) is 13.7. The lowest BCUT2D eigenvalue weighted by molar-refractivity contribution is 0.309. The molecule has 0 radical (unpaired) electrons. The molecule has 0 spiro atoms. The second-order valence-electron chi connectivity index (χ2n) is 3.66. The number of benzene rings is 1. The largest absolute Gasteiger partial charge is 0.494 e. The van der Waals surface area contributed by atoms with Gasteiger partial charge in [0.1, 0.15) is 5.75 Å². The third-order valence-electron chi connectivity index (χ3n) is 2.10. The predicted octanol–water partition coefficient (Wildman–Crippen LogP) is 2.12. The van der Waals surface area contributed by atoms with Crippen molar-refractivity contribution in [2.45, 2.75) is 19.8 Å². The summed E-state index contributed by atoms with van der Waals surface area (Å²) >= 11 is 0. The highest BCUT2D eigenvalue weighted by atomic mass is 32.2. The summed E-state index contributed by atoms with van der Waals surface area (Å²) in [4.78, 5) is 0. The Morgan fingerprint density at radius 2 is 1.94 bits per heavy atom. The molecule has 0 heterocycles. The first-order valence-corrected chi connectivity index (χ1v) is 7.06. The molecule has 0 aliphatic carbocycles. The molecule has 4 nitrogen and oxygen atoms in total. The Balaban J connectivity index is 2.59. The normalized spacial score (nSPS) is 11.9. The minimum Gasteiger partial charge on any atom is -0.494 e. The first-order chi connectivity index (χ1) is 8.01. The van der Waals surface area contributed by atoms with E-state index in [1.54, 1.807) is 24.3 Å². The fourth-order valence-electron chi connectivity index (χ4n) is 1.18. The van der Waals surface area contributed by atoms with Crippen LogP contribution < -0.4 is 9.88 Å². The molecule has 0 bridgehead atoms. The molecule has 5 heteroatoms. The predicted molar refractivity (Wildman–Crippen MR) is 69.0 cm³/mol. The lowest BCUT2D eigenvalue weighted by Crippen LogP contribution is -2.06. The molecule has 0 saturated heterocycles. The van der Waals surface area contributed by atoms with Crippen molar-refractivity contribution in [3.8, 4) is 5.75 Å². The Labute approximate surface area is 102 Å². The number of primary sulfonamides is 1. The molecule has 1 aromatic rings. The summed E-state index contributed by atoms with van der Waals surface area (Å²) in [5, 5.41) is 5.83. The number of ether oxygens (including phenoxy) is 1. The van der Waals surface area contributed by atoms with Crippen LogP contribution in [0.1, 0.15) is 25.3 Å². The number of rotatable bonds is 6. The van der Waals surface area contributed by atoms with E-state index in [0.29, 0.717) is 6.61 Å². The maximum Gasteiger partial charge on any atom is 0.231 e. The van der Waals surface area contributed by atoms with Crippen molar-refractivity contribution in [2.24, 2.45) is 5.14 Å². The van der Waals surface area contributed by atoms with Gasteiger partial charge in [-0.3, -0.25) is 0 Å². The highest BCUT2D eigenvalue weighted by molar-refractivity contribution is 7.92. The number of hydrogen-bond acceptors (Lipinski definition) is 3. The first-order valence-electron chi connectivity index (χ1n) is 5.45. The van der Waals surface area contributed by atoms with Crippen molar-refractivity contribution in [3.05, 3.63) is 35.2 Å². The molecular weight excluding hydrogens is 238 g/mol. The van der Waals surface area contributed by atoms with Gasteiger partial charge in [0.25, 0.3) is 0 Å². The van der Waals surface area contributed by atoms with Crippen LogP contribution in [0.4, 0.5) is 0 Å². The van der Waals surface area contributed by atoms with Crippen LogP contribution in [0.25, 0.3) is 6.08 Å². The van der Waals surface area contributed by atoms with Gasteiger partial charge in [-0.1, -0.05) is 25.5 Å².